The first-order valence-electron chi connectivity index (χ1n) is 8.55. The quantitative estimate of drug-likeness (QED) is 0.844. The lowest BCUT2D eigenvalue weighted by Gasteiger charge is -2.15. The predicted octanol–water partition coefficient (Wildman–Crippen LogP) is 4.14. The molecule has 1 aromatic carbocycles. The summed E-state index contributed by atoms with van der Waals surface area (Å²) in [5.41, 5.74) is 1.33. The zero-order valence-corrected chi connectivity index (χ0v) is 13.4. The number of imidazole rings is 1. The molecule has 1 aliphatic rings. The number of aromatic carboxylic acids is 1. The third-order valence-electron chi connectivity index (χ3n) is 4.72. The van der Waals surface area contributed by atoms with Gasteiger partial charge < -0.3 is 9.67 Å². The van der Waals surface area contributed by atoms with E-state index in [0.29, 0.717) is 12.5 Å². The lowest BCUT2D eigenvalue weighted by Crippen LogP contribution is -2.10. The van der Waals surface area contributed by atoms with E-state index in [1.165, 1.54) is 44.1 Å². The van der Waals surface area contributed by atoms with Gasteiger partial charge in [0.05, 0.1) is 0 Å². The van der Waals surface area contributed by atoms with Crippen LogP contribution in [0.15, 0.2) is 36.5 Å². The molecule has 3 rings (SSSR count). The summed E-state index contributed by atoms with van der Waals surface area (Å²) in [6, 6.07) is 10.1. The van der Waals surface area contributed by atoms with Crippen molar-refractivity contribution in [1.82, 2.24) is 9.55 Å². The van der Waals surface area contributed by atoms with Gasteiger partial charge in [0.15, 0.2) is 5.69 Å². The standard InChI is InChI=1S/C19H24N2O2/c22-19(23)17-14-21(13-16-10-6-3-7-11-16)18(20-17)12-15-8-4-1-2-5-9-15/h3,6-7,10-11,14-15H,1-2,4-5,8-9,12-13H2,(H,22,23). The third kappa shape index (κ3) is 4.21. The Hall–Kier alpha value is -2.10. The van der Waals surface area contributed by atoms with Gasteiger partial charge in [-0.1, -0.05) is 68.9 Å². The van der Waals surface area contributed by atoms with Crippen LogP contribution in [-0.2, 0) is 13.0 Å². The molecule has 1 aliphatic carbocycles. The van der Waals surface area contributed by atoms with Gasteiger partial charge in [0.1, 0.15) is 5.82 Å². The molecule has 1 aromatic heterocycles. The minimum absolute atomic E-state index is 0.157. The van der Waals surface area contributed by atoms with E-state index in [2.05, 4.69) is 17.1 Å². The molecule has 0 unspecified atom stereocenters. The molecule has 4 heteroatoms. The molecule has 1 heterocycles. The fourth-order valence-corrected chi connectivity index (χ4v) is 3.46. The molecule has 1 N–H and O–H groups in total. The Labute approximate surface area is 137 Å². The van der Waals surface area contributed by atoms with Crippen molar-refractivity contribution in [3.63, 3.8) is 0 Å². The first kappa shape index (κ1) is 15.8. The second-order valence-corrected chi connectivity index (χ2v) is 6.52. The molecule has 23 heavy (non-hydrogen) atoms. The third-order valence-corrected chi connectivity index (χ3v) is 4.72. The molecule has 1 saturated carbocycles. The number of carboxylic acid groups (broad SMARTS) is 1. The van der Waals surface area contributed by atoms with Gasteiger partial charge in [0.2, 0.25) is 0 Å². The molecule has 4 nitrogen and oxygen atoms in total. The molecular weight excluding hydrogens is 288 g/mol. The molecule has 0 spiro atoms. The van der Waals surface area contributed by atoms with E-state index in [1.54, 1.807) is 6.20 Å². The molecule has 0 atom stereocenters. The maximum atomic E-state index is 11.3. The second kappa shape index (κ2) is 7.44. The Balaban J connectivity index is 1.80. The Kier molecular flexibility index (Phi) is 5.11. The van der Waals surface area contributed by atoms with Crippen LogP contribution < -0.4 is 0 Å². The maximum Gasteiger partial charge on any atom is 0.356 e. The van der Waals surface area contributed by atoms with Crippen molar-refractivity contribution in [3.8, 4) is 0 Å². The number of benzene rings is 1. The number of carbonyl (C=O) groups is 1. The van der Waals surface area contributed by atoms with Crippen molar-refractivity contribution in [2.45, 2.75) is 51.5 Å². The minimum Gasteiger partial charge on any atom is -0.476 e. The number of hydrogen-bond acceptors (Lipinski definition) is 2. The van der Waals surface area contributed by atoms with Crippen molar-refractivity contribution in [1.29, 1.82) is 0 Å². The fraction of sp³-hybridized carbons (Fsp3) is 0.474. The topological polar surface area (TPSA) is 55.1 Å². The van der Waals surface area contributed by atoms with E-state index in [4.69, 9.17) is 0 Å². The highest BCUT2D eigenvalue weighted by molar-refractivity contribution is 5.85. The predicted molar refractivity (Wildman–Crippen MR) is 89.6 cm³/mol. The average Bonchev–Trinajstić information content (AvgIpc) is 2.77. The molecular formula is C19H24N2O2. The van der Waals surface area contributed by atoms with E-state index >= 15 is 0 Å². The van der Waals surface area contributed by atoms with E-state index in [-0.39, 0.29) is 5.69 Å². The van der Waals surface area contributed by atoms with Crippen LogP contribution in [0.25, 0.3) is 0 Å². The van der Waals surface area contributed by atoms with Gasteiger partial charge in [-0.05, 0) is 11.5 Å². The summed E-state index contributed by atoms with van der Waals surface area (Å²) in [7, 11) is 0. The van der Waals surface area contributed by atoms with E-state index in [0.717, 1.165) is 12.2 Å². The maximum absolute atomic E-state index is 11.3. The molecule has 0 bridgehead atoms. The lowest BCUT2D eigenvalue weighted by atomic mass is 9.96. The first-order chi connectivity index (χ1) is 11.2. The van der Waals surface area contributed by atoms with Gasteiger partial charge in [-0.3, -0.25) is 0 Å². The van der Waals surface area contributed by atoms with E-state index in [1.807, 2.05) is 22.8 Å². The van der Waals surface area contributed by atoms with Crippen LogP contribution in [0.4, 0.5) is 0 Å². The Morgan fingerprint density at radius 2 is 1.83 bits per heavy atom. The molecule has 0 amide bonds. The molecule has 1 fully saturated rings. The van der Waals surface area contributed by atoms with Crippen molar-refractivity contribution in [3.05, 3.63) is 53.6 Å². The average molecular weight is 312 g/mol. The summed E-state index contributed by atoms with van der Waals surface area (Å²) in [4.78, 5) is 15.7. The highest BCUT2D eigenvalue weighted by Crippen LogP contribution is 2.26. The second-order valence-electron chi connectivity index (χ2n) is 6.52. The largest absolute Gasteiger partial charge is 0.476 e. The van der Waals surface area contributed by atoms with Crippen molar-refractivity contribution >= 4 is 5.97 Å². The van der Waals surface area contributed by atoms with Crippen molar-refractivity contribution < 1.29 is 9.90 Å². The fourth-order valence-electron chi connectivity index (χ4n) is 3.46. The van der Waals surface area contributed by atoms with Gasteiger partial charge in [0, 0.05) is 19.2 Å². The lowest BCUT2D eigenvalue weighted by molar-refractivity contribution is 0.0690. The zero-order valence-electron chi connectivity index (χ0n) is 13.4. The molecule has 0 aliphatic heterocycles. The number of carboxylic acids is 1. The molecule has 0 saturated heterocycles. The summed E-state index contributed by atoms with van der Waals surface area (Å²) < 4.78 is 2.02. The van der Waals surface area contributed by atoms with Crippen molar-refractivity contribution in [2.24, 2.45) is 5.92 Å². The van der Waals surface area contributed by atoms with Crippen molar-refractivity contribution in [2.75, 3.05) is 0 Å². The summed E-state index contributed by atoms with van der Waals surface area (Å²) in [5, 5.41) is 9.26. The first-order valence-corrected chi connectivity index (χ1v) is 8.55. The van der Waals surface area contributed by atoms with Gasteiger partial charge in [-0.2, -0.15) is 0 Å². The van der Waals surface area contributed by atoms with Gasteiger partial charge >= 0.3 is 5.97 Å². The number of nitrogens with zero attached hydrogens (tertiary/aromatic N) is 2. The van der Waals surface area contributed by atoms with Gasteiger partial charge in [-0.25, -0.2) is 9.78 Å². The van der Waals surface area contributed by atoms with Crippen LogP contribution in [0.5, 0.6) is 0 Å². The molecule has 122 valence electrons. The van der Waals surface area contributed by atoms with E-state index < -0.39 is 5.97 Å². The SMILES string of the molecule is O=C(O)c1cn(Cc2ccccc2)c(CC2CCCCCC2)n1. The van der Waals surface area contributed by atoms with Crippen LogP contribution in [-0.4, -0.2) is 20.6 Å². The van der Waals surface area contributed by atoms with Crippen LogP contribution in [0, 0.1) is 5.92 Å². The molecule has 0 radical (unpaired) electrons. The Bertz CT molecular complexity index is 641. The van der Waals surface area contributed by atoms with Gasteiger partial charge in [-0.15, -0.1) is 0 Å². The van der Waals surface area contributed by atoms with Crippen LogP contribution in [0.3, 0.4) is 0 Å². The Morgan fingerprint density at radius 3 is 2.48 bits per heavy atom. The monoisotopic (exact) mass is 312 g/mol. The van der Waals surface area contributed by atoms with Crippen LogP contribution >= 0.6 is 0 Å². The number of rotatable bonds is 5. The number of hydrogen-bond donors (Lipinski definition) is 1. The summed E-state index contributed by atoms with van der Waals surface area (Å²) in [5.74, 6) is 0.605. The smallest absolute Gasteiger partial charge is 0.356 e. The van der Waals surface area contributed by atoms with E-state index in [9.17, 15) is 9.90 Å². The molecule has 2 aromatic rings. The highest BCUT2D eigenvalue weighted by atomic mass is 16.4. The number of aromatic nitrogens is 2. The zero-order chi connectivity index (χ0) is 16.1. The van der Waals surface area contributed by atoms with Crippen LogP contribution in [0.1, 0.15) is 60.4 Å². The minimum atomic E-state index is -0.945. The normalized spacial score (nSPS) is 16.2. The summed E-state index contributed by atoms with van der Waals surface area (Å²) in [6.07, 6.45) is 10.3. The van der Waals surface area contributed by atoms with Gasteiger partial charge in [0.25, 0.3) is 0 Å². The Morgan fingerprint density at radius 1 is 1.13 bits per heavy atom. The highest BCUT2D eigenvalue weighted by Gasteiger charge is 2.19. The summed E-state index contributed by atoms with van der Waals surface area (Å²) in [6.45, 7) is 0.684. The summed E-state index contributed by atoms with van der Waals surface area (Å²) >= 11 is 0. The van der Waals surface area contributed by atoms with Crippen LogP contribution in [0.2, 0.25) is 0 Å².